The SMILES string of the molecule is O=[C-]c1ccccc1OCc1ccccc1.O=[C-]c1ccccc1OCc1ccccc1.O=[C-]c1ccccc1OCc1ccccc1.[Cr+3]. The fourth-order valence-electron chi connectivity index (χ4n) is 4.24. The molecule has 243 valence electrons. The maximum absolute atomic E-state index is 10.6. The van der Waals surface area contributed by atoms with E-state index in [2.05, 4.69) is 0 Å². The summed E-state index contributed by atoms with van der Waals surface area (Å²) in [5, 5.41) is 0. The molecular weight excluding hydrogens is 652 g/mol. The van der Waals surface area contributed by atoms with Crippen LogP contribution in [0.1, 0.15) is 33.4 Å². The van der Waals surface area contributed by atoms with Crippen LogP contribution in [0.5, 0.6) is 17.2 Å². The second-order valence-corrected chi connectivity index (χ2v) is 10.1. The Bertz CT molecular complexity index is 1610. The minimum Gasteiger partial charge on any atom is -0.546 e. The zero-order valence-electron chi connectivity index (χ0n) is 26.6. The summed E-state index contributed by atoms with van der Waals surface area (Å²) in [6.07, 6.45) is 5.57. The number of rotatable bonds is 12. The fraction of sp³-hybridized carbons (Fsp3) is 0.0714. The predicted octanol–water partition coefficient (Wildman–Crippen LogP) is 8.17. The summed E-state index contributed by atoms with van der Waals surface area (Å²) in [5.41, 5.74) is 4.59. The second-order valence-electron chi connectivity index (χ2n) is 10.1. The molecular formula is C42H33CrO6. The molecule has 0 heterocycles. The molecule has 0 spiro atoms. The van der Waals surface area contributed by atoms with Crippen LogP contribution >= 0.6 is 0 Å². The van der Waals surface area contributed by atoms with Crippen LogP contribution in [0.2, 0.25) is 0 Å². The first-order chi connectivity index (χ1) is 23.7. The Labute approximate surface area is 298 Å². The molecule has 0 bridgehead atoms. The molecule has 0 unspecified atom stereocenters. The molecule has 0 aliphatic carbocycles. The van der Waals surface area contributed by atoms with Crippen molar-refractivity contribution in [3.05, 3.63) is 197 Å². The standard InChI is InChI=1S/3C14H11O2.Cr/c3*15-10-13-8-4-5-9-14(13)16-11-12-6-2-1-3-7-12;/h3*1-9H,11H2;/q3*-1;+3. The summed E-state index contributed by atoms with van der Waals surface area (Å²) in [4.78, 5) is 31.9. The molecule has 6 rings (SSSR count). The van der Waals surface area contributed by atoms with Crippen LogP contribution in [0, 0.1) is 0 Å². The van der Waals surface area contributed by atoms with Gasteiger partial charge in [-0.2, -0.15) is 18.2 Å². The van der Waals surface area contributed by atoms with Gasteiger partial charge in [0.2, 0.25) is 0 Å². The van der Waals surface area contributed by atoms with Gasteiger partial charge in [-0.25, -0.2) is 0 Å². The maximum atomic E-state index is 10.6. The van der Waals surface area contributed by atoms with E-state index in [4.69, 9.17) is 14.2 Å². The van der Waals surface area contributed by atoms with Gasteiger partial charge < -0.3 is 28.6 Å². The van der Waals surface area contributed by atoms with Crippen LogP contribution in [0.25, 0.3) is 0 Å². The number of benzene rings is 6. The molecule has 6 aromatic rings. The first-order valence-electron chi connectivity index (χ1n) is 15.1. The molecule has 7 heteroatoms. The minimum absolute atomic E-state index is 0. The Hall–Kier alpha value is -5.74. The molecule has 0 fully saturated rings. The summed E-state index contributed by atoms with van der Waals surface area (Å²) in [7, 11) is 0. The van der Waals surface area contributed by atoms with Crippen LogP contribution in [0.3, 0.4) is 0 Å². The van der Waals surface area contributed by atoms with Gasteiger partial charge in [-0.3, -0.25) is 0 Å². The Morgan fingerprint density at radius 3 is 0.796 bits per heavy atom. The van der Waals surface area contributed by atoms with Crippen molar-refractivity contribution in [3.63, 3.8) is 0 Å². The van der Waals surface area contributed by atoms with Crippen molar-refractivity contribution in [2.75, 3.05) is 0 Å². The Kier molecular flexibility index (Phi) is 16.9. The third kappa shape index (κ3) is 13.1. The van der Waals surface area contributed by atoms with Crippen molar-refractivity contribution in [3.8, 4) is 17.2 Å². The van der Waals surface area contributed by atoms with Crippen molar-refractivity contribution in [2.24, 2.45) is 0 Å². The maximum Gasteiger partial charge on any atom is 3.00 e. The molecule has 6 aromatic carbocycles. The average molecular weight is 686 g/mol. The van der Waals surface area contributed by atoms with Gasteiger partial charge in [0, 0.05) is 17.2 Å². The van der Waals surface area contributed by atoms with E-state index in [9.17, 15) is 14.4 Å². The molecule has 1 radical (unpaired) electrons. The first kappa shape index (κ1) is 37.7. The summed E-state index contributed by atoms with van der Waals surface area (Å²) in [5.74, 6) is 1.71. The Morgan fingerprint density at radius 2 is 0.551 bits per heavy atom. The van der Waals surface area contributed by atoms with E-state index in [0.29, 0.717) is 53.8 Å². The van der Waals surface area contributed by atoms with Crippen molar-refractivity contribution in [2.45, 2.75) is 19.8 Å². The number of hydrogen-bond donors (Lipinski definition) is 0. The number of carbonyl (C=O) groups excluding carboxylic acids is 3. The molecule has 0 saturated carbocycles. The number of hydrogen-bond acceptors (Lipinski definition) is 6. The Morgan fingerprint density at radius 1 is 0.327 bits per heavy atom. The van der Waals surface area contributed by atoms with Crippen molar-refractivity contribution >= 4 is 18.9 Å². The summed E-state index contributed by atoms with van der Waals surface area (Å²) in [6.45, 7) is 1.37. The van der Waals surface area contributed by atoms with E-state index in [1.807, 2.05) is 128 Å². The third-order valence-corrected chi connectivity index (χ3v) is 6.70. The molecule has 0 aromatic heterocycles. The monoisotopic (exact) mass is 685 g/mol. The van der Waals surface area contributed by atoms with Crippen LogP contribution in [0.4, 0.5) is 0 Å². The van der Waals surface area contributed by atoms with Crippen LogP contribution < -0.4 is 14.2 Å². The van der Waals surface area contributed by atoms with Gasteiger partial charge in [0.1, 0.15) is 0 Å². The fourth-order valence-corrected chi connectivity index (χ4v) is 4.24. The smallest absolute Gasteiger partial charge is 0.546 e. The molecule has 0 amide bonds. The van der Waals surface area contributed by atoms with E-state index in [0.717, 1.165) is 16.7 Å². The number of ether oxygens (including phenoxy) is 3. The quantitative estimate of drug-likeness (QED) is 0.121. The molecule has 0 aliphatic rings. The van der Waals surface area contributed by atoms with E-state index in [-0.39, 0.29) is 17.4 Å². The van der Waals surface area contributed by atoms with Crippen LogP contribution in [-0.4, -0.2) is 18.9 Å². The zero-order valence-corrected chi connectivity index (χ0v) is 27.8. The van der Waals surface area contributed by atoms with Gasteiger partial charge in [0.05, 0.1) is 38.7 Å². The van der Waals surface area contributed by atoms with Gasteiger partial charge in [-0.05, 0) is 16.7 Å². The first-order valence-corrected chi connectivity index (χ1v) is 15.1. The van der Waals surface area contributed by atoms with E-state index >= 15 is 0 Å². The van der Waals surface area contributed by atoms with Crippen molar-refractivity contribution in [1.82, 2.24) is 0 Å². The molecule has 0 N–H and O–H groups in total. The van der Waals surface area contributed by atoms with Gasteiger partial charge in [-0.1, -0.05) is 127 Å². The summed E-state index contributed by atoms with van der Waals surface area (Å²) >= 11 is 0. The topological polar surface area (TPSA) is 78.9 Å². The van der Waals surface area contributed by atoms with E-state index in [1.165, 1.54) is 0 Å². The van der Waals surface area contributed by atoms with Gasteiger partial charge >= 0.3 is 17.4 Å². The second kappa shape index (κ2) is 21.9. The minimum atomic E-state index is 0. The normalized spacial score (nSPS) is 9.55. The summed E-state index contributed by atoms with van der Waals surface area (Å²) < 4.78 is 16.7. The molecule has 49 heavy (non-hydrogen) atoms. The molecule has 0 atom stereocenters. The number of para-hydroxylation sites is 3. The van der Waals surface area contributed by atoms with E-state index in [1.54, 1.807) is 54.6 Å². The molecule has 0 aliphatic heterocycles. The Balaban J connectivity index is 0.000000197. The summed E-state index contributed by atoms with van der Waals surface area (Å²) in [6, 6.07) is 50.7. The molecule has 6 nitrogen and oxygen atoms in total. The average Bonchev–Trinajstić information content (AvgIpc) is 3.17. The van der Waals surface area contributed by atoms with Crippen molar-refractivity contribution < 1.29 is 46.0 Å². The zero-order chi connectivity index (χ0) is 33.7. The van der Waals surface area contributed by atoms with Crippen molar-refractivity contribution in [1.29, 1.82) is 0 Å². The largest absolute Gasteiger partial charge is 3.00 e. The van der Waals surface area contributed by atoms with Gasteiger partial charge in [-0.15, -0.1) is 34.9 Å². The third-order valence-electron chi connectivity index (χ3n) is 6.70. The van der Waals surface area contributed by atoms with Crippen LogP contribution in [-0.2, 0) is 51.6 Å². The van der Waals surface area contributed by atoms with Crippen LogP contribution in [0.15, 0.2) is 164 Å². The van der Waals surface area contributed by atoms with E-state index < -0.39 is 0 Å². The molecule has 0 saturated heterocycles. The van der Waals surface area contributed by atoms with Gasteiger partial charge in [0.25, 0.3) is 0 Å². The predicted molar refractivity (Wildman–Crippen MR) is 186 cm³/mol. The van der Waals surface area contributed by atoms with Gasteiger partial charge in [0.15, 0.2) is 0 Å².